The van der Waals surface area contributed by atoms with Crippen LogP contribution in [0.4, 0.5) is 0 Å². The molecule has 0 fully saturated rings. The zero-order valence-corrected chi connectivity index (χ0v) is 13.3. The summed E-state index contributed by atoms with van der Waals surface area (Å²) in [6.45, 7) is 0. The molecule has 1 atom stereocenters. The van der Waals surface area contributed by atoms with Crippen LogP contribution in [0, 0.1) is 0 Å². The predicted molar refractivity (Wildman–Crippen MR) is 82.6 cm³/mol. The summed E-state index contributed by atoms with van der Waals surface area (Å²) in [5, 5.41) is 0.359. The van der Waals surface area contributed by atoms with Crippen molar-refractivity contribution in [2.75, 3.05) is 0 Å². The second-order valence-electron chi connectivity index (χ2n) is 4.65. The van der Waals surface area contributed by atoms with Gasteiger partial charge in [-0.3, -0.25) is 9.13 Å². The van der Waals surface area contributed by atoms with Crippen molar-refractivity contribution in [3.05, 3.63) is 57.4 Å². The van der Waals surface area contributed by atoms with Crippen LogP contribution >= 0.6 is 27.5 Å². The van der Waals surface area contributed by atoms with Gasteiger partial charge in [-0.15, -0.1) is 0 Å². The normalized spacial score (nSPS) is 13.0. The highest BCUT2D eigenvalue weighted by Gasteiger charge is 2.16. The van der Waals surface area contributed by atoms with Gasteiger partial charge in [-0.05, 0) is 41.4 Å². The van der Waals surface area contributed by atoms with Gasteiger partial charge in [0.2, 0.25) is 0 Å². The van der Waals surface area contributed by atoms with E-state index in [1.807, 2.05) is 24.3 Å². The monoisotopic (exact) mass is 354 g/mol. The number of aryl methyl sites for hydroxylation is 2. The zero-order chi connectivity index (χ0) is 14.4. The molecule has 0 bridgehead atoms. The second-order valence-corrected chi connectivity index (χ2v) is 5.94. The van der Waals surface area contributed by atoms with E-state index in [4.69, 9.17) is 16.0 Å². The summed E-state index contributed by atoms with van der Waals surface area (Å²) >= 11 is 9.40. The van der Waals surface area contributed by atoms with E-state index in [1.165, 1.54) is 0 Å². The Morgan fingerprint density at radius 2 is 1.85 bits per heavy atom. The minimum absolute atomic E-state index is 0.0377. The maximum atomic E-state index is 11.9. The molecule has 0 saturated carbocycles. The first kappa shape index (κ1) is 13.5. The van der Waals surface area contributed by atoms with E-state index in [1.54, 1.807) is 29.3 Å². The number of aromatic nitrogens is 2. The Morgan fingerprint density at radius 1 is 1.15 bits per heavy atom. The first-order valence-electron chi connectivity index (χ1n) is 6.03. The van der Waals surface area contributed by atoms with Crippen LogP contribution in [0.2, 0.25) is 5.22 Å². The van der Waals surface area contributed by atoms with Crippen molar-refractivity contribution >= 4 is 38.6 Å². The van der Waals surface area contributed by atoms with Crippen molar-refractivity contribution in [3.63, 3.8) is 0 Å². The van der Waals surface area contributed by atoms with Crippen molar-refractivity contribution in [3.8, 4) is 0 Å². The highest BCUT2D eigenvalue weighted by Crippen LogP contribution is 2.34. The summed E-state index contributed by atoms with van der Waals surface area (Å²) in [6, 6.07) is 9.42. The van der Waals surface area contributed by atoms with Gasteiger partial charge in [0.05, 0.1) is 15.9 Å². The van der Waals surface area contributed by atoms with Crippen LogP contribution in [-0.2, 0) is 14.1 Å². The van der Waals surface area contributed by atoms with Crippen LogP contribution in [0.25, 0.3) is 11.0 Å². The number of furan rings is 1. The minimum atomic E-state index is -0.102. The molecule has 0 saturated heterocycles. The van der Waals surface area contributed by atoms with Gasteiger partial charge in [0, 0.05) is 14.1 Å². The lowest BCUT2D eigenvalue weighted by atomic mass is 10.1. The van der Waals surface area contributed by atoms with Crippen LogP contribution in [0.5, 0.6) is 0 Å². The molecular weight excluding hydrogens is 344 g/mol. The van der Waals surface area contributed by atoms with E-state index >= 15 is 0 Å². The van der Waals surface area contributed by atoms with Gasteiger partial charge in [0.15, 0.2) is 5.22 Å². The minimum Gasteiger partial charge on any atom is -0.448 e. The molecule has 6 heteroatoms. The van der Waals surface area contributed by atoms with Crippen molar-refractivity contribution in [2.24, 2.45) is 14.1 Å². The molecule has 0 spiro atoms. The summed E-state index contributed by atoms with van der Waals surface area (Å²) in [4.78, 5) is 11.8. The fourth-order valence-corrected chi connectivity index (χ4v) is 2.99. The molecule has 1 unspecified atom stereocenters. The molecule has 4 nitrogen and oxygen atoms in total. The average molecular weight is 356 g/mol. The number of rotatable bonds is 2. The SMILES string of the molecule is Cn1c(=O)n(C)c2cc(C(Br)c3ccc(Cl)o3)ccc21. The van der Waals surface area contributed by atoms with Crippen LogP contribution < -0.4 is 5.69 Å². The maximum Gasteiger partial charge on any atom is 0.328 e. The number of hydrogen-bond acceptors (Lipinski definition) is 2. The van der Waals surface area contributed by atoms with Crippen molar-refractivity contribution in [1.82, 2.24) is 9.13 Å². The van der Waals surface area contributed by atoms with Gasteiger partial charge >= 0.3 is 5.69 Å². The van der Waals surface area contributed by atoms with Gasteiger partial charge in [0.1, 0.15) is 5.76 Å². The lowest BCUT2D eigenvalue weighted by Gasteiger charge is -2.08. The smallest absolute Gasteiger partial charge is 0.328 e. The molecule has 0 N–H and O–H groups in total. The van der Waals surface area contributed by atoms with E-state index in [2.05, 4.69) is 15.9 Å². The topological polar surface area (TPSA) is 40.1 Å². The maximum absolute atomic E-state index is 11.9. The fourth-order valence-electron chi connectivity index (χ4n) is 2.31. The van der Waals surface area contributed by atoms with Gasteiger partial charge in [0.25, 0.3) is 0 Å². The van der Waals surface area contributed by atoms with Gasteiger partial charge < -0.3 is 4.42 Å². The lowest BCUT2D eigenvalue weighted by molar-refractivity contribution is 0.521. The first-order valence-corrected chi connectivity index (χ1v) is 7.33. The lowest BCUT2D eigenvalue weighted by Crippen LogP contribution is -2.19. The third kappa shape index (κ3) is 2.01. The molecule has 1 aromatic carbocycles. The standard InChI is InChI=1S/C14H12BrClN2O2/c1-17-9-4-3-8(7-10(9)18(2)14(17)19)13(15)11-5-6-12(16)20-11/h3-7,13H,1-2H3. The molecule has 0 aliphatic carbocycles. The van der Waals surface area contributed by atoms with Crippen molar-refractivity contribution in [2.45, 2.75) is 4.83 Å². The van der Waals surface area contributed by atoms with E-state index < -0.39 is 0 Å². The van der Waals surface area contributed by atoms with Crippen LogP contribution in [0.3, 0.4) is 0 Å². The summed E-state index contributed by atoms with van der Waals surface area (Å²) in [7, 11) is 3.53. The van der Waals surface area contributed by atoms with Gasteiger partial charge in [-0.2, -0.15) is 0 Å². The molecule has 0 radical (unpaired) electrons. The van der Waals surface area contributed by atoms with Gasteiger partial charge in [-0.25, -0.2) is 4.79 Å². The number of benzene rings is 1. The molecule has 20 heavy (non-hydrogen) atoms. The van der Waals surface area contributed by atoms with Crippen molar-refractivity contribution < 1.29 is 4.42 Å². The average Bonchev–Trinajstić information content (AvgIpc) is 2.97. The number of nitrogens with zero attached hydrogens (tertiary/aromatic N) is 2. The van der Waals surface area contributed by atoms with E-state index in [0.29, 0.717) is 5.22 Å². The van der Waals surface area contributed by atoms with Crippen molar-refractivity contribution in [1.29, 1.82) is 0 Å². The predicted octanol–water partition coefficient (Wildman–Crippen LogP) is 3.61. The number of alkyl halides is 1. The summed E-state index contributed by atoms with van der Waals surface area (Å²) in [5.41, 5.74) is 2.75. The molecule has 3 rings (SSSR count). The Hall–Kier alpha value is -1.46. The highest BCUT2D eigenvalue weighted by atomic mass is 79.9. The number of hydrogen-bond donors (Lipinski definition) is 0. The zero-order valence-electron chi connectivity index (χ0n) is 10.9. The second kappa shape index (κ2) is 4.82. The van der Waals surface area contributed by atoms with E-state index in [9.17, 15) is 4.79 Å². The quantitative estimate of drug-likeness (QED) is 0.659. The van der Waals surface area contributed by atoms with Crippen LogP contribution in [0.15, 0.2) is 39.5 Å². The molecule has 0 aliphatic heterocycles. The summed E-state index contributed by atoms with van der Waals surface area (Å²) < 4.78 is 8.68. The number of halogens is 2. The molecule has 0 aliphatic rings. The molecule has 104 valence electrons. The molecule has 2 heterocycles. The Labute approximate surface area is 128 Å². The number of imidazole rings is 1. The largest absolute Gasteiger partial charge is 0.448 e. The fraction of sp³-hybridized carbons (Fsp3) is 0.214. The van der Waals surface area contributed by atoms with Crippen LogP contribution in [-0.4, -0.2) is 9.13 Å². The molecule has 0 amide bonds. The van der Waals surface area contributed by atoms with Gasteiger partial charge in [-0.1, -0.05) is 22.0 Å². The third-order valence-corrected chi connectivity index (χ3v) is 4.62. The summed E-state index contributed by atoms with van der Waals surface area (Å²) in [5.74, 6) is 0.732. The Bertz CT molecular complexity index is 847. The molecular formula is C14H12BrClN2O2. The third-order valence-electron chi connectivity index (χ3n) is 3.43. The van der Waals surface area contributed by atoms with Crippen LogP contribution in [0.1, 0.15) is 16.2 Å². The Balaban J connectivity index is 2.14. The van der Waals surface area contributed by atoms with E-state index in [-0.39, 0.29) is 10.5 Å². The summed E-state index contributed by atoms with van der Waals surface area (Å²) in [6.07, 6.45) is 0. The molecule has 3 aromatic rings. The Kier molecular flexibility index (Phi) is 3.26. The highest BCUT2D eigenvalue weighted by molar-refractivity contribution is 9.09. The molecule has 2 aromatic heterocycles. The first-order chi connectivity index (χ1) is 9.49. The number of fused-ring (bicyclic) bond motifs is 1. The Morgan fingerprint density at radius 3 is 2.50 bits per heavy atom. The van der Waals surface area contributed by atoms with E-state index in [0.717, 1.165) is 22.4 Å².